The van der Waals surface area contributed by atoms with Crippen LogP contribution in [0.1, 0.15) is 16.1 Å². The summed E-state index contributed by atoms with van der Waals surface area (Å²) in [6.45, 7) is 2.05. The number of hydrogen-bond donors (Lipinski definition) is 1. The number of nitrogens with zero attached hydrogens (tertiary/aromatic N) is 3. The molecule has 0 radical (unpaired) electrons. The van der Waals surface area contributed by atoms with Crippen molar-refractivity contribution in [2.24, 2.45) is 0 Å². The van der Waals surface area contributed by atoms with E-state index in [1.165, 1.54) is 28.9 Å². The molecular formula is C18H15ClN4O4. The maximum atomic E-state index is 12.3. The van der Waals surface area contributed by atoms with Gasteiger partial charge in [0.1, 0.15) is 11.4 Å². The number of halogens is 1. The zero-order valence-electron chi connectivity index (χ0n) is 14.3. The van der Waals surface area contributed by atoms with Gasteiger partial charge >= 0.3 is 0 Å². The minimum Gasteiger partial charge on any atom is -0.471 e. The average Bonchev–Trinajstić information content (AvgIpc) is 3.11. The molecule has 1 N–H and O–H groups in total. The van der Waals surface area contributed by atoms with Gasteiger partial charge in [0.15, 0.2) is 12.4 Å². The highest BCUT2D eigenvalue weighted by molar-refractivity contribution is 6.31. The lowest BCUT2D eigenvalue weighted by molar-refractivity contribution is -0.383. The fraction of sp³-hybridized carbons (Fsp3) is 0.111. The number of amides is 1. The Morgan fingerprint density at radius 1 is 1.30 bits per heavy atom. The molecule has 138 valence electrons. The number of nitro benzene ring substituents is 1. The summed E-state index contributed by atoms with van der Waals surface area (Å²) in [6.07, 6.45) is 1.59. The molecule has 1 aromatic heterocycles. The lowest BCUT2D eigenvalue weighted by Crippen LogP contribution is -2.15. The van der Waals surface area contributed by atoms with E-state index < -0.39 is 10.8 Å². The van der Waals surface area contributed by atoms with E-state index in [-0.39, 0.29) is 28.8 Å². The van der Waals surface area contributed by atoms with Crippen LogP contribution >= 0.6 is 11.6 Å². The van der Waals surface area contributed by atoms with E-state index in [1.807, 2.05) is 31.2 Å². The molecule has 27 heavy (non-hydrogen) atoms. The smallest absolute Gasteiger partial charge is 0.294 e. The molecule has 0 fully saturated rings. The molecule has 0 spiro atoms. The quantitative estimate of drug-likeness (QED) is 0.509. The van der Waals surface area contributed by atoms with Gasteiger partial charge in [-0.25, -0.2) is 4.68 Å². The minimum absolute atomic E-state index is 0.0418. The second-order valence-corrected chi connectivity index (χ2v) is 6.09. The Labute approximate surface area is 159 Å². The minimum atomic E-state index is -0.615. The lowest BCUT2D eigenvalue weighted by atomic mass is 10.2. The maximum absolute atomic E-state index is 12.3. The van der Waals surface area contributed by atoms with E-state index >= 15 is 0 Å². The zero-order valence-corrected chi connectivity index (χ0v) is 15.0. The van der Waals surface area contributed by atoms with E-state index in [1.54, 1.807) is 6.20 Å². The molecule has 3 aromatic rings. The van der Waals surface area contributed by atoms with Crippen LogP contribution < -0.4 is 10.1 Å². The first kappa shape index (κ1) is 18.4. The zero-order chi connectivity index (χ0) is 19.4. The summed E-state index contributed by atoms with van der Waals surface area (Å²) in [7, 11) is 0. The SMILES string of the molecule is Cc1ccccc1OCn1ccc(C(=O)Nc2ccc(Cl)cc2[N+](=O)[O-])n1. The summed E-state index contributed by atoms with van der Waals surface area (Å²) in [5, 5.41) is 17.9. The van der Waals surface area contributed by atoms with E-state index in [9.17, 15) is 14.9 Å². The van der Waals surface area contributed by atoms with Crippen LogP contribution in [0.3, 0.4) is 0 Å². The largest absolute Gasteiger partial charge is 0.471 e. The van der Waals surface area contributed by atoms with Gasteiger partial charge in [-0.15, -0.1) is 0 Å². The molecule has 1 amide bonds. The first-order valence-corrected chi connectivity index (χ1v) is 8.29. The van der Waals surface area contributed by atoms with Crippen molar-refractivity contribution in [2.75, 3.05) is 5.32 Å². The summed E-state index contributed by atoms with van der Waals surface area (Å²) >= 11 is 5.77. The number of hydrogen-bond acceptors (Lipinski definition) is 5. The number of nitrogens with one attached hydrogen (secondary N) is 1. The first-order chi connectivity index (χ1) is 12.9. The van der Waals surface area contributed by atoms with Crippen molar-refractivity contribution in [1.29, 1.82) is 0 Å². The first-order valence-electron chi connectivity index (χ1n) is 7.91. The number of rotatable bonds is 6. The van der Waals surface area contributed by atoms with Gasteiger partial charge in [0.2, 0.25) is 0 Å². The Balaban J connectivity index is 1.69. The number of aryl methyl sites for hydroxylation is 1. The Bertz CT molecular complexity index is 1000. The van der Waals surface area contributed by atoms with Crippen molar-refractivity contribution in [3.8, 4) is 5.75 Å². The number of carbonyl (C=O) groups excluding carboxylic acids is 1. The molecule has 8 nitrogen and oxygen atoms in total. The number of benzene rings is 2. The summed E-state index contributed by atoms with van der Waals surface area (Å²) in [5.74, 6) is 0.144. The van der Waals surface area contributed by atoms with Crippen LogP contribution in [0.25, 0.3) is 0 Å². The van der Waals surface area contributed by atoms with Crippen molar-refractivity contribution in [1.82, 2.24) is 9.78 Å². The van der Waals surface area contributed by atoms with Crippen molar-refractivity contribution in [3.63, 3.8) is 0 Å². The average molecular weight is 387 g/mol. The van der Waals surface area contributed by atoms with Crippen LogP contribution in [-0.2, 0) is 6.73 Å². The molecule has 2 aromatic carbocycles. The van der Waals surface area contributed by atoms with E-state index in [4.69, 9.17) is 16.3 Å². The van der Waals surface area contributed by atoms with Crippen LogP contribution in [0, 0.1) is 17.0 Å². The molecule has 0 bridgehead atoms. The standard InChI is InChI=1S/C18H15ClN4O4/c1-12-4-2-3-5-17(12)27-11-22-9-8-15(21-22)18(24)20-14-7-6-13(19)10-16(14)23(25)26/h2-10H,11H2,1H3,(H,20,24). The van der Waals surface area contributed by atoms with Crippen LogP contribution in [0.4, 0.5) is 11.4 Å². The summed E-state index contributed by atoms with van der Waals surface area (Å²) < 4.78 is 7.12. The van der Waals surface area contributed by atoms with E-state index in [0.29, 0.717) is 0 Å². The fourth-order valence-electron chi connectivity index (χ4n) is 2.36. The Morgan fingerprint density at radius 3 is 2.81 bits per heavy atom. The molecule has 0 atom stereocenters. The monoisotopic (exact) mass is 386 g/mol. The highest BCUT2D eigenvalue weighted by Gasteiger charge is 2.18. The third kappa shape index (κ3) is 4.42. The molecule has 0 saturated carbocycles. The molecule has 0 aliphatic rings. The van der Waals surface area contributed by atoms with Crippen molar-refractivity contribution in [2.45, 2.75) is 13.7 Å². The van der Waals surface area contributed by atoms with Crippen molar-refractivity contribution >= 4 is 28.9 Å². The van der Waals surface area contributed by atoms with Gasteiger partial charge < -0.3 is 10.1 Å². The highest BCUT2D eigenvalue weighted by atomic mass is 35.5. The number of carbonyl (C=O) groups is 1. The molecule has 9 heteroatoms. The van der Waals surface area contributed by atoms with E-state index in [2.05, 4.69) is 10.4 Å². The number of ether oxygens (including phenoxy) is 1. The number of nitro groups is 1. The Kier molecular flexibility index (Phi) is 5.37. The molecule has 0 saturated heterocycles. The van der Waals surface area contributed by atoms with Gasteiger partial charge in [-0.05, 0) is 36.8 Å². The van der Waals surface area contributed by atoms with Crippen LogP contribution in [0.5, 0.6) is 5.75 Å². The fourth-order valence-corrected chi connectivity index (χ4v) is 2.52. The molecule has 3 rings (SSSR count). The highest BCUT2D eigenvalue weighted by Crippen LogP contribution is 2.28. The number of para-hydroxylation sites is 1. The van der Waals surface area contributed by atoms with Gasteiger partial charge in [0.05, 0.1) is 4.92 Å². The van der Waals surface area contributed by atoms with Gasteiger partial charge in [0.25, 0.3) is 11.6 Å². The van der Waals surface area contributed by atoms with Gasteiger partial charge in [-0.3, -0.25) is 14.9 Å². The summed E-state index contributed by atoms with van der Waals surface area (Å²) in [4.78, 5) is 22.8. The van der Waals surface area contributed by atoms with Crippen LogP contribution in [0.15, 0.2) is 54.7 Å². The van der Waals surface area contributed by atoms with Crippen molar-refractivity contribution < 1.29 is 14.5 Å². The Hall–Kier alpha value is -3.39. The maximum Gasteiger partial charge on any atom is 0.294 e. The molecule has 0 aliphatic heterocycles. The molecular weight excluding hydrogens is 372 g/mol. The topological polar surface area (TPSA) is 99.3 Å². The second-order valence-electron chi connectivity index (χ2n) is 5.65. The normalized spacial score (nSPS) is 10.4. The number of aromatic nitrogens is 2. The molecule has 0 unspecified atom stereocenters. The van der Waals surface area contributed by atoms with Crippen LogP contribution in [0.2, 0.25) is 5.02 Å². The van der Waals surface area contributed by atoms with Gasteiger partial charge in [-0.1, -0.05) is 29.8 Å². The van der Waals surface area contributed by atoms with Gasteiger partial charge in [-0.2, -0.15) is 5.10 Å². The predicted octanol–water partition coefficient (Wildman–Crippen LogP) is 4.04. The van der Waals surface area contributed by atoms with Gasteiger partial charge in [0, 0.05) is 17.3 Å². The van der Waals surface area contributed by atoms with E-state index in [0.717, 1.165) is 11.3 Å². The third-order valence-electron chi connectivity index (χ3n) is 3.72. The lowest BCUT2D eigenvalue weighted by Gasteiger charge is -2.08. The molecule has 1 heterocycles. The number of anilines is 1. The predicted molar refractivity (Wildman–Crippen MR) is 100 cm³/mol. The molecule has 0 aliphatic carbocycles. The Morgan fingerprint density at radius 2 is 2.07 bits per heavy atom. The summed E-state index contributed by atoms with van der Waals surface area (Å²) in [6, 6.07) is 13.0. The third-order valence-corrected chi connectivity index (χ3v) is 3.96. The van der Waals surface area contributed by atoms with Crippen molar-refractivity contribution in [3.05, 3.63) is 81.1 Å². The summed E-state index contributed by atoms with van der Waals surface area (Å²) in [5.41, 5.74) is 0.837. The van der Waals surface area contributed by atoms with Crippen LogP contribution in [-0.4, -0.2) is 20.6 Å². The second kappa shape index (κ2) is 7.88.